The van der Waals surface area contributed by atoms with E-state index in [4.69, 9.17) is 0 Å². The summed E-state index contributed by atoms with van der Waals surface area (Å²) < 4.78 is 13.2. The molecule has 0 heterocycles. The Balaban J connectivity index is 2.29. The maximum absolute atomic E-state index is 13.2. The molecule has 0 radical (unpaired) electrons. The van der Waals surface area contributed by atoms with Crippen molar-refractivity contribution >= 4 is 11.7 Å². The molecule has 148 valence electrons. The number of amides is 2. The third kappa shape index (κ3) is 10.2. The highest BCUT2D eigenvalue weighted by Crippen LogP contribution is 2.12. The smallest absolute Gasteiger partial charge is 0.321 e. The lowest BCUT2D eigenvalue weighted by Crippen LogP contribution is -2.32. The van der Waals surface area contributed by atoms with Gasteiger partial charge >= 0.3 is 6.03 Å². The van der Waals surface area contributed by atoms with Crippen LogP contribution in [0.2, 0.25) is 0 Å². The first-order valence-electron chi connectivity index (χ1n) is 9.31. The number of carbonyl (C=O) groups excluding carboxylic acids is 1. The minimum atomic E-state index is -0.376. The first-order valence-corrected chi connectivity index (χ1v) is 9.31. The van der Waals surface area contributed by atoms with Gasteiger partial charge in [-0.25, -0.2) is 9.18 Å². The molecule has 5 heteroatoms. The normalized spacial score (nSPS) is 11.9. The highest BCUT2D eigenvalue weighted by molar-refractivity contribution is 5.89. The summed E-state index contributed by atoms with van der Waals surface area (Å²) in [6, 6.07) is 5.58. The summed E-state index contributed by atoms with van der Waals surface area (Å²) in [5, 5.41) is 5.91. The predicted molar refractivity (Wildman–Crippen MR) is 112 cm³/mol. The van der Waals surface area contributed by atoms with E-state index in [-0.39, 0.29) is 11.8 Å². The molecule has 1 atom stereocenters. The van der Waals surface area contributed by atoms with Gasteiger partial charge in [-0.05, 0) is 50.3 Å². The third-order valence-electron chi connectivity index (χ3n) is 4.11. The maximum Gasteiger partial charge on any atom is 0.321 e. The maximum atomic E-state index is 13.2. The van der Waals surface area contributed by atoms with Crippen molar-refractivity contribution in [1.82, 2.24) is 10.2 Å². The minimum Gasteiger partial charge on any atom is -0.389 e. The van der Waals surface area contributed by atoms with Gasteiger partial charge in [-0.15, -0.1) is 0 Å². The van der Waals surface area contributed by atoms with Crippen LogP contribution < -0.4 is 10.6 Å². The third-order valence-corrected chi connectivity index (χ3v) is 4.11. The molecule has 0 aliphatic carbocycles. The molecule has 1 aromatic rings. The second kappa shape index (κ2) is 11.9. The summed E-state index contributed by atoms with van der Waals surface area (Å²) in [6.45, 7) is 13.5. The molecule has 1 unspecified atom stereocenters. The van der Waals surface area contributed by atoms with Crippen LogP contribution in [0.5, 0.6) is 0 Å². The van der Waals surface area contributed by atoms with Crippen LogP contribution in [0.15, 0.2) is 60.8 Å². The highest BCUT2D eigenvalue weighted by Gasteiger charge is 2.09. The van der Waals surface area contributed by atoms with E-state index in [1.165, 1.54) is 12.1 Å². The van der Waals surface area contributed by atoms with Crippen molar-refractivity contribution in [2.75, 3.05) is 25.5 Å². The van der Waals surface area contributed by atoms with E-state index in [2.05, 4.69) is 36.8 Å². The number of urea groups is 1. The van der Waals surface area contributed by atoms with Gasteiger partial charge in [0.1, 0.15) is 5.82 Å². The first kappa shape index (κ1) is 22.5. The number of hydrogen-bond acceptors (Lipinski definition) is 2. The van der Waals surface area contributed by atoms with Gasteiger partial charge in [0.25, 0.3) is 0 Å². The van der Waals surface area contributed by atoms with Crippen LogP contribution in [-0.2, 0) is 0 Å². The minimum absolute atomic E-state index is 0.268. The number of halogens is 1. The summed E-state index contributed by atoms with van der Waals surface area (Å²) in [5.41, 5.74) is 2.42. The Kier molecular flexibility index (Phi) is 9.94. The summed E-state index contributed by atoms with van der Waals surface area (Å²) in [4.78, 5) is 13.7. The predicted octanol–water partition coefficient (Wildman–Crippen LogP) is 5.33. The molecule has 1 aromatic carbocycles. The van der Waals surface area contributed by atoms with Crippen molar-refractivity contribution in [3.05, 3.63) is 66.7 Å². The zero-order valence-electron chi connectivity index (χ0n) is 16.7. The average molecular weight is 374 g/mol. The van der Waals surface area contributed by atoms with Crippen molar-refractivity contribution < 1.29 is 9.18 Å². The van der Waals surface area contributed by atoms with Gasteiger partial charge in [-0.2, -0.15) is 0 Å². The molecule has 4 nitrogen and oxygen atoms in total. The molecule has 0 bridgehead atoms. The number of carbonyl (C=O) groups is 1. The van der Waals surface area contributed by atoms with Crippen LogP contribution in [0, 0.1) is 11.7 Å². The number of hydrogen-bond donors (Lipinski definition) is 2. The van der Waals surface area contributed by atoms with Gasteiger partial charge in [-0.3, -0.25) is 0 Å². The summed E-state index contributed by atoms with van der Waals surface area (Å²) >= 11 is 0. The number of allylic oxidation sites excluding steroid dienone is 3. The molecule has 0 aromatic heterocycles. The lowest BCUT2D eigenvalue weighted by Gasteiger charge is -2.18. The van der Waals surface area contributed by atoms with Crippen molar-refractivity contribution in [1.29, 1.82) is 0 Å². The molecule has 0 aliphatic heterocycles. The molecule has 0 aliphatic rings. The van der Waals surface area contributed by atoms with E-state index in [0.29, 0.717) is 24.6 Å². The summed E-state index contributed by atoms with van der Waals surface area (Å²) in [6.07, 6.45) is 7.08. The Morgan fingerprint density at radius 2 is 2.11 bits per heavy atom. The van der Waals surface area contributed by atoms with Crippen LogP contribution in [0.3, 0.4) is 0 Å². The van der Waals surface area contributed by atoms with Gasteiger partial charge in [0, 0.05) is 31.5 Å². The molecule has 0 saturated heterocycles. The zero-order valence-corrected chi connectivity index (χ0v) is 16.7. The molecule has 2 N–H and O–H groups in total. The molecule has 0 spiro atoms. The van der Waals surface area contributed by atoms with Gasteiger partial charge in [0.05, 0.1) is 0 Å². The fourth-order valence-electron chi connectivity index (χ4n) is 2.40. The number of benzene rings is 1. The molecule has 0 fully saturated rings. The van der Waals surface area contributed by atoms with Gasteiger partial charge < -0.3 is 15.5 Å². The standard InChI is InChI=1S/C22H32FN3O/c1-17(2)24-14-7-8-18(3)11-12-19(4)13-15-26(5)22(27)25-21-10-6-9-20(23)16-21/h6,9-12,16,18,24H,1,4,7-8,13-15H2,2-3,5H3,(H,25,27)/b12-11-. The Labute approximate surface area is 162 Å². The fraction of sp³-hybridized carbons (Fsp3) is 0.409. The average Bonchev–Trinajstić information content (AvgIpc) is 2.61. The molecule has 0 saturated carbocycles. The van der Waals surface area contributed by atoms with Crippen LogP contribution in [0.4, 0.5) is 14.9 Å². The van der Waals surface area contributed by atoms with E-state index in [0.717, 1.165) is 30.7 Å². The highest BCUT2D eigenvalue weighted by atomic mass is 19.1. The zero-order chi connectivity index (χ0) is 20.2. The Morgan fingerprint density at radius 1 is 1.37 bits per heavy atom. The second-order valence-corrected chi connectivity index (χ2v) is 6.96. The SMILES string of the molecule is C=C(/C=C\C(C)CCCNC(=C)C)CCN(C)C(=O)Nc1cccc(F)c1. The Bertz CT molecular complexity index is 669. The van der Waals surface area contributed by atoms with Crippen molar-refractivity contribution in [2.45, 2.75) is 33.1 Å². The summed E-state index contributed by atoms with van der Waals surface area (Å²) in [7, 11) is 1.71. The van der Waals surface area contributed by atoms with Crippen molar-refractivity contribution in [3.8, 4) is 0 Å². The van der Waals surface area contributed by atoms with E-state index in [9.17, 15) is 9.18 Å². The monoisotopic (exact) mass is 373 g/mol. The van der Waals surface area contributed by atoms with Gasteiger partial charge in [0.2, 0.25) is 0 Å². The van der Waals surface area contributed by atoms with Gasteiger partial charge in [-0.1, -0.05) is 43.9 Å². The number of nitrogens with zero attached hydrogens (tertiary/aromatic N) is 1. The quantitative estimate of drug-likeness (QED) is 0.407. The Morgan fingerprint density at radius 3 is 2.78 bits per heavy atom. The van der Waals surface area contributed by atoms with Crippen LogP contribution in [0.25, 0.3) is 0 Å². The largest absolute Gasteiger partial charge is 0.389 e. The van der Waals surface area contributed by atoms with E-state index in [1.54, 1.807) is 24.1 Å². The number of rotatable bonds is 11. The van der Waals surface area contributed by atoms with Crippen molar-refractivity contribution in [3.63, 3.8) is 0 Å². The topological polar surface area (TPSA) is 44.4 Å². The molecule has 2 amide bonds. The van der Waals surface area contributed by atoms with E-state index >= 15 is 0 Å². The second-order valence-electron chi connectivity index (χ2n) is 6.96. The lowest BCUT2D eigenvalue weighted by atomic mass is 10.0. The summed E-state index contributed by atoms with van der Waals surface area (Å²) in [5.74, 6) is 0.0983. The number of nitrogens with one attached hydrogen (secondary N) is 2. The Hall–Kier alpha value is -2.56. The molecule has 1 rings (SSSR count). The lowest BCUT2D eigenvalue weighted by molar-refractivity contribution is 0.223. The van der Waals surface area contributed by atoms with E-state index in [1.807, 2.05) is 13.0 Å². The van der Waals surface area contributed by atoms with Gasteiger partial charge in [0.15, 0.2) is 0 Å². The fourth-order valence-corrected chi connectivity index (χ4v) is 2.40. The van der Waals surface area contributed by atoms with Crippen LogP contribution >= 0.6 is 0 Å². The van der Waals surface area contributed by atoms with Crippen LogP contribution in [0.1, 0.15) is 33.1 Å². The van der Waals surface area contributed by atoms with Crippen LogP contribution in [-0.4, -0.2) is 31.1 Å². The number of anilines is 1. The first-order chi connectivity index (χ1) is 12.8. The molecular formula is C22H32FN3O. The van der Waals surface area contributed by atoms with Crippen molar-refractivity contribution in [2.24, 2.45) is 5.92 Å². The van der Waals surface area contributed by atoms with E-state index < -0.39 is 0 Å². The molecule has 27 heavy (non-hydrogen) atoms. The molecular weight excluding hydrogens is 341 g/mol.